The normalized spacial score (nSPS) is 17.1. The maximum Gasteiger partial charge on any atom is 0.326 e. The minimum atomic E-state index is -0.945. The second kappa shape index (κ2) is 19.9. The Hall–Kier alpha value is -4.00. The molecule has 0 radical (unpaired) electrons. The molecule has 298 valence electrons. The average molecular weight is 743 g/mol. The number of likely N-dealkylation sites (N-methyl/N-ethyl adjacent to an activating group) is 4. The number of carbonyl (C=O) groups is 6. The molecule has 13 heteroatoms. The zero-order valence-electron chi connectivity index (χ0n) is 34.4. The number of esters is 1. The van der Waals surface area contributed by atoms with Crippen LogP contribution >= 0.6 is 0 Å². The maximum absolute atomic E-state index is 14.3. The van der Waals surface area contributed by atoms with E-state index >= 15 is 0 Å². The van der Waals surface area contributed by atoms with Crippen LogP contribution in [0, 0.1) is 18.8 Å². The highest BCUT2D eigenvalue weighted by Gasteiger charge is 2.45. The van der Waals surface area contributed by atoms with Gasteiger partial charge in [-0.25, -0.2) is 0 Å². The van der Waals surface area contributed by atoms with E-state index < -0.39 is 53.6 Å². The summed E-state index contributed by atoms with van der Waals surface area (Å²) < 4.78 is 5.44. The van der Waals surface area contributed by atoms with Crippen molar-refractivity contribution in [1.29, 1.82) is 0 Å². The number of benzene rings is 1. The molecule has 1 aromatic rings. The topological polar surface area (TPSA) is 149 Å². The predicted octanol–water partition coefficient (Wildman–Crippen LogP) is 3.17. The second-order valence-corrected chi connectivity index (χ2v) is 15.9. The van der Waals surface area contributed by atoms with Gasteiger partial charge in [0.1, 0.15) is 36.3 Å². The summed E-state index contributed by atoms with van der Waals surface area (Å²) in [6.07, 6.45) is 1.84. The van der Waals surface area contributed by atoms with Gasteiger partial charge in [-0.05, 0) is 78.8 Å². The molecule has 1 heterocycles. The van der Waals surface area contributed by atoms with E-state index in [0.29, 0.717) is 25.8 Å². The molecule has 13 nitrogen and oxygen atoms in total. The minimum Gasteiger partial charge on any atom is -0.459 e. The van der Waals surface area contributed by atoms with Gasteiger partial charge in [0.15, 0.2) is 0 Å². The Morgan fingerprint density at radius 2 is 1.57 bits per heavy atom. The molecular weight excluding hydrogens is 676 g/mol. The van der Waals surface area contributed by atoms with Gasteiger partial charge in [-0.15, -0.1) is 0 Å². The summed E-state index contributed by atoms with van der Waals surface area (Å²) >= 11 is 0. The SMILES string of the molecule is CC[C@H](C)C(NC(=O)[C@H](CC(C)C)NC)C(=O)N(C)[C@@H](C)C(=O)N1CC[C@H]1C(=O)N(CC)[C@@H](Cc1ccc(C)cc1)C(=O)N(C)CC(=O)OC(C)(C)C. The molecule has 53 heavy (non-hydrogen) atoms. The Morgan fingerprint density at radius 3 is 2.04 bits per heavy atom. The third kappa shape index (κ3) is 12.5. The van der Waals surface area contributed by atoms with Crippen LogP contribution in [0.15, 0.2) is 24.3 Å². The van der Waals surface area contributed by atoms with E-state index in [2.05, 4.69) is 10.6 Å². The van der Waals surface area contributed by atoms with E-state index in [4.69, 9.17) is 4.74 Å². The van der Waals surface area contributed by atoms with Crippen molar-refractivity contribution in [3.05, 3.63) is 35.4 Å². The molecule has 2 N–H and O–H groups in total. The van der Waals surface area contributed by atoms with E-state index in [1.807, 2.05) is 58.9 Å². The number of carbonyl (C=O) groups excluding carboxylic acids is 6. The zero-order valence-corrected chi connectivity index (χ0v) is 34.4. The monoisotopic (exact) mass is 742 g/mol. The predicted molar refractivity (Wildman–Crippen MR) is 206 cm³/mol. The van der Waals surface area contributed by atoms with E-state index in [-0.39, 0.29) is 49.1 Å². The highest BCUT2D eigenvalue weighted by atomic mass is 16.6. The minimum absolute atomic E-state index is 0.189. The molecule has 1 aliphatic rings. The van der Waals surface area contributed by atoms with Gasteiger partial charge in [-0.3, -0.25) is 28.8 Å². The summed E-state index contributed by atoms with van der Waals surface area (Å²) in [5.74, 6) is -2.34. The smallest absolute Gasteiger partial charge is 0.326 e. The molecular formula is C40H66N6O7. The maximum atomic E-state index is 14.3. The Labute approximate surface area is 317 Å². The lowest BCUT2D eigenvalue weighted by atomic mass is 9.95. The van der Waals surface area contributed by atoms with Gasteiger partial charge in [0.25, 0.3) is 0 Å². The number of amides is 5. The van der Waals surface area contributed by atoms with Crippen LogP contribution in [-0.2, 0) is 39.9 Å². The van der Waals surface area contributed by atoms with Crippen molar-refractivity contribution >= 4 is 35.5 Å². The molecule has 1 unspecified atom stereocenters. The van der Waals surface area contributed by atoms with Crippen LogP contribution in [0.1, 0.15) is 92.7 Å². The summed E-state index contributed by atoms with van der Waals surface area (Å²) in [5, 5.41) is 5.98. The van der Waals surface area contributed by atoms with Gasteiger partial charge in [-0.1, -0.05) is 63.9 Å². The Balaban J connectivity index is 2.31. The first-order valence-electron chi connectivity index (χ1n) is 19.0. The molecule has 0 saturated carbocycles. The average Bonchev–Trinajstić information content (AvgIpc) is 3.06. The van der Waals surface area contributed by atoms with Crippen molar-refractivity contribution in [3.8, 4) is 0 Å². The fourth-order valence-electron chi connectivity index (χ4n) is 6.39. The van der Waals surface area contributed by atoms with E-state index in [9.17, 15) is 28.8 Å². The standard InChI is InChI=1S/C40H66N6O7/c1-14-27(6)34(42-35(48)30(41-11)22-25(3)4)39(52)44(13)28(7)36(49)46-21-20-31(46)38(51)45(15-2)32(23-29-18-16-26(5)17-19-29)37(50)43(12)24-33(47)53-40(8,9)10/h16-19,25,27-28,30-32,34,41H,14-15,20-24H2,1-13H3,(H,42,48)/t27-,28-,30-,31-,32-,34?/m0/s1. The number of nitrogens with one attached hydrogen (secondary N) is 2. The van der Waals surface area contributed by atoms with Gasteiger partial charge in [0.2, 0.25) is 29.5 Å². The highest BCUT2D eigenvalue weighted by Crippen LogP contribution is 2.25. The fraction of sp³-hybridized carbons (Fsp3) is 0.700. The van der Waals surface area contributed by atoms with Crippen molar-refractivity contribution in [2.75, 3.05) is 40.8 Å². The van der Waals surface area contributed by atoms with Crippen molar-refractivity contribution in [2.24, 2.45) is 11.8 Å². The summed E-state index contributed by atoms with van der Waals surface area (Å²) in [7, 11) is 4.77. The number of nitrogens with zero attached hydrogens (tertiary/aromatic N) is 4. The van der Waals surface area contributed by atoms with Gasteiger partial charge >= 0.3 is 5.97 Å². The van der Waals surface area contributed by atoms with Crippen molar-refractivity contribution in [3.63, 3.8) is 0 Å². The number of hydrogen-bond donors (Lipinski definition) is 2. The number of aryl methyl sites for hydroxylation is 1. The first-order valence-corrected chi connectivity index (χ1v) is 19.0. The molecule has 6 atom stereocenters. The lowest BCUT2D eigenvalue weighted by Crippen LogP contribution is -2.65. The van der Waals surface area contributed by atoms with Gasteiger partial charge in [0.05, 0.1) is 6.04 Å². The summed E-state index contributed by atoms with van der Waals surface area (Å²) in [6.45, 7) is 18.7. The molecule has 0 spiro atoms. The highest BCUT2D eigenvalue weighted by molar-refractivity contribution is 5.97. The van der Waals surface area contributed by atoms with Crippen LogP contribution in [0.2, 0.25) is 0 Å². The molecule has 1 aliphatic heterocycles. The van der Waals surface area contributed by atoms with Crippen LogP contribution < -0.4 is 10.6 Å². The van der Waals surface area contributed by atoms with E-state index in [0.717, 1.165) is 11.1 Å². The van der Waals surface area contributed by atoms with Crippen molar-refractivity contribution in [2.45, 2.75) is 131 Å². The third-order valence-electron chi connectivity index (χ3n) is 10.0. The molecule has 1 saturated heterocycles. The molecule has 1 fully saturated rings. The molecule has 0 bridgehead atoms. The quantitative estimate of drug-likeness (QED) is 0.218. The molecule has 2 rings (SSSR count). The Morgan fingerprint density at radius 1 is 0.962 bits per heavy atom. The zero-order chi connectivity index (χ0) is 40.4. The van der Waals surface area contributed by atoms with Crippen LogP contribution in [0.4, 0.5) is 0 Å². The lowest BCUT2D eigenvalue weighted by Gasteiger charge is -2.45. The second-order valence-electron chi connectivity index (χ2n) is 15.9. The number of hydrogen-bond acceptors (Lipinski definition) is 8. The van der Waals surface area contributed by atoms with E-state index in [1.165, 1.54) is 26.6 Å². The summed E-state index contributed by atoms with van der Waals surface area (Å²) in [6, 6.07) is 3.70. The first-order chi connectivity index (χ1) is 24.7. The number of likely N-dealkylation sites (tertiary alicyclic amines) is 1. The molecule has 0 aliphatic carbocycles. The van der Waals surface area contributed by atoms with Gasteiger partial charge in [-0.2, -0.15) is 0 Å². The lowest BCUT2D eigenvalue weighted by molar-refractivity contribution is -0.162. The van der Waals surface area contributed by atoms with Crippen molar-refractivity contribution in [1.82, 2.24) is 30.2 Å². The summed E-state index contributed by atoms with van der Waals surface area (Å²) in [4.78, 5) is 87.6. The number of ether oxygens (including phenoxy) is 1. The largest absolute Gasteiger partial charge is 0.459 e. The van der Waals surface area contributed by atoms with Crippen LogP contribution in [-0.4, -0.2) is 132 Å². The Bertz CT molecular complexity index is 1430. The van der Waals surface area contributed by atoms with Gasteiger partial charge < -0.3 is 35.0 Å². The van der Waals surface area contributed by atoms with E-state index in [1.54, 1.807) is 48.7 Å². The van der Waals surface area contributed by atoms with Crippen LogP contribution in [0.25, 0.3) is 0 Å². The van der Waals surface area contributed by atoms with Crippen LogP contribution in [0.5, 0.6) is 0 Å². The fourth-order valence-corrected chi connectivity index (χ4v) is 6.39. The number of rotatable bonds is 18. The molecule has 5 amide bonds. The third-order valence-corrected chi connectivity index (χ3v) is 10.0. The molecule has 1 aromatic carbocycles. The van der Waals surface area contributed by atoms with Gasteiger partial charge in [0, 0.05) is 33.6 Å². The molecule has 0 aromatic heterocycles. The van der Waals surface area contributed by atoms with Crippen LogP contribution in [0.3, 0.4) is 0 Å². The van der Waals surface area contributed by atoms with Crippen molar-refractivity contribution < 1.29 is 33.5 Å². The Kier molecular flexibility index (Phi) is 17.0. The summed E-state index contributed by atoms with van der Waals surface area (Å²) in [5.41, 5.74) is 1.17. The first kappa shape index (κ1) is 45.2.